The van der Waals surface area contributed by atoms with Crippen molar-refractivity contribution in [3.05, 3.63) is 64.8 Å². The molecule has 2 heteroatoms. The Kier molecular flexibility index (Phi) is 4.35. The molecule has 0 saturated heterocycles. The molecule has 0 bridgehead atoms. The zero-order valence-electron chi connectivity index (χ0n) is 21.8. The molecule has 2 nitrogen and oxygen atoms in total. The SMILES string of the molecule is [2H]C(C)(C)c1ccc(-c2c(C)ccc3c2oc2c4c(ccc23)C(C)(C)CCC4(C)C)[n+](C)c1. The molecule has 1 aliphatic carbocycles. The molecule has 2 heterocycles. The topological polar surface area (TPSA) is 17.0 Å². The first-order chi connectivity index (χ1) is 15.3. The number of pyridine rings is 1. The number of furan rings is 1. The van der Waals surface area contributed by atoms with E-state index in [1.807, 2.05) is 13.8 Å². The van der Waals surface area contributed by atoms with Crippen molar-refractivity contribution in [2.45, 2.75) is 78.0 Å². The Morgan fingerprint density at radius 1 is 0.906 bits per heavy atom. The average molecular weight is 428 g/mol. The van der Waals surface area contributed by atoms with Crippen LogP contribution in [0.15, 0.2) is 47.0 Å². The van der Waals surface area contributed by atoms with Crippen LogP contribution in [0.5, 0.6) is 0 Å². The fourth-order valence-corrected chi connectivity index (χ4v) is 5.60. The largest absolute Gasteiger partial charge is 0.455 e. The molecule has 32 heavy (non-hydrogen) atoms. The van der Waals surface area contributed by atoms with Crippen LogP contribution in [0, 0.1) is 6.92 Å². The second-order valence-electron chi connectivity index (χ2n) is 11.3. The standard InChI is InChI=1S/C30H36NO/c1-18(2)20-10-14-24(31(8)17-20)25-19(3)9-11-21-22-12-13-23-26(28(22)32-27(21)25)30(6,7)16-15-29(23,4)5/h9-14,17-18H,15-16H2,1-8H3/q+1/i18D. The first kappa shape index (κ1) is 20.0. The van der Waals surface area contributed by atoms with Gasteiger partial charge in [-0.25, -0.2) is 4.57 Å². The summed E-state index contributed by atoms with van der Waals surface area (Å²) in [6, 6.07) is 13.3. The van der Waals surface area contributed by atoms with Gasteiger partial charge in [0, 0.05) is 29.3 Å². The molecule has 0 amide bonds. The molecule has 0 radical (unpaired) electrons. The summed E-state index contributed by atoms with van der Waals surface area (Å²) >= 11 is 0. The van der Waals surface area contributed by atoms with E-state index in [2.05, 4.69) is 88.8 Å². The van der Waals surface area contributed by atoms with Gasteiger partial charge in [0.05, 0.1) is 5.56 Å². The Balaban J connectivity index is 1.84. The molecule has 166 valence electrons. The number of aromatic nitrogens is 1. The van der Waals surface area contributed by atoms with E-state index in [9.17, 15) is 0 Å². The number of benzene rings is 2. The second kappa shape index (κ2) is 6.94. The fourth-order valence-electron chi connectivity index (χ4n) is 5.60. The summed E-state index contributed by atoms with van der Waals surface area (Å²) in [4.78, 5) is 0. The molecular weight excluding hydrogens is 390 g/mol. The van der Waals surface area contributed by atoms with Crippen LogP contribution >= 0.6 is 0 Å². The van der Waals surface area contributed by atoms with Gasteiger partial charge in [0.25, 0.3) is 0 Å². The van der Waals surface area contributed by atoms with E-state index in [1.54, 1.807) is 0 Å². The van der Waals surface area contributed by atoms with Crippen molar-refractivity contribution in [1.29, 1.82) is 0 Å². The normalized spacial score (nSPS) is 18.1. The van der Waals surface area contributed by atoms with Crippen LogP contribution in [0.2, 0.25) is 0 Å². The van der Waals surface area contributed by atoms with E-state index in [1.165, 1.54) is 33.9 Å². The van der Waals surface area contributed by atoms with Gasteiger partial charge in [0.2, 0.25) is 5.69 Å². The minimum atomic E-state index is -0.631. The van der Waals surface area contributed by atoms with Gasteiger partial charge in [0.15, 0.2) is 6.20 Å². The smallest absolute Gasteiger partial charge is 0.216 e. The predicted octanol–water partition coefficient (Wildman–Crippen LogP) is 7.86. The predicted molar refractivity (Wildman–Crippen MR) is 134 cm³/mol. The number of aryl methyl sites for hydroxylation is 2. The van der Waals surface area contributed by atoms with Crippen molar-refractivity contribution in [2.75, 3.05) is 0 Å². The first-order valence-electron chi connectivity index (χ1n) is 12.3. The highest BCUT2D eigenvalue weighted by Gasteiger charge is 2.39. The van der Waals surface area contributed by atoms with E-state index >= 15 is 0 Å². The van der Waals surface area contributed by atoms with Crippen LogP contribution in [0.3, 0.4) is 0 Å². The van der Waals surface area contributed by atoms with E-state index in [0.717, 1.165) is 34.4 Å². The molecule has 0 fully saturated rings. The lowest BCUT2D eigenvalue weighted by atomic mass is 9.63. The van der Waals surface area contributed by atoms with Crippen molar-refractivity contribution in [2.24, 2.45) is 7.05 Å². The number of fused-ring (bicyclic) bond motifs is 5. The summed E-state index contributed by atoms with van der Waals surface area (Å²) < 4.78 is 17.4. The van der Waals surface area contributed by atoms with E-state index < -0.39 is 5.89 Å². The average Bonchev–Trinajstić information content (AvgIpc) is 3.09. The van der Waals surface area contributed by atoms with Gasteiger partial charge in [-0.15, -0.1) is 0 Å². The molecule has 2 aromatic heterocycles. The van der Waals surface area contributed by atoms with Crippen molar-refractivity contribution in [1.82, 2.24) is 0 Å². The summed E-state index contributed by atoms with van der Waals surface area (Å²) in [5, 5.41) is 2.39. The number of hydrogen-bond acceptors (Lipinski definition) is 1. The Labute approximate surface area is 193 Å². The zero-order chi connectivity index (χ0) is 23.9. The van der Waals surface area contributed by atoms with Gasteiger partial charge >= 0.3 is 0 Å². The van der Waals surface area contributed by atoms with Crippen LogP contribution in [0.4, 0.5) is 0 Å². The summed E-state index contributed by atoms with van der Waals surface area (Å²) in [5.74, 6) is -0.631. The maximum Gasteiger partial charge on any atom is 0.216 e. The molecule has 0 N–H and O–H groups in total. The lowest BCUT2D eigenvalue weighted by molar-refractivity contribution is -0.660. The second-order valence-corrected chi connectivity index (χ2v) is 11.3. The highest BCUT2D eigenvalue weighted by molar-refractivity contribution is 6.11. The van der Waals surface area contributed by atoms with Gasteiger partial charge in [-0.2, -0.15) is 0 Å². The summed E-state index contributed by atoms with van der Waals surface area (Å²) in [6.45, 7) is 15.5. The Morgan fingerprint density at radius 2 is 1.56 bits per heavy atom. The summed E-state index contributed by atoms with van der Waals surface area (Å²) in [6.07, 6.45) is 4.43. The third kappa shape index (κ3) is 3.03. The first-order valence-corrected chi connectivity index (χ1v) is 11.8. The number of rotatable bonds is 2. The molecule has 0 spiro atoms. The Morgan fingerprint density at radius 3 is 2.25 bits per heavy atom. The van der Waals surface area contributed by atoms with Crippen molar-refractivity contribution in [3.63, 3.8) is 0 Å². The molecule has 2 aromatic carbocycles. The van der Waals surface area contributed by atoms with Gasteiger partial charge in [-0.1, -0.05) is 65.8 Å². The molecule has 1 aliphatic rings. The van der Waals surface area contributed by atoms with Crippen LogP contribution in [0.25, 0.3) is 33.2 Å². The van der Waals surface area contributed by atoms with Crippen LogP contribution in [-0.2, 0) is 17.9 Å². The molecule has 0 aliphatic heterocycles. The lowest BCUT2D eigenvalue weighted by Gasteiger charge is -2.41. The zero-order valence-corrected chi connectivity index (χ0v) is 20.8. The third-order valence-corrected chi connectivity index (χ3v) is 7.77. The van der Waals surface area contributed by atoms with Crippen molar-refractivity contribution in [3.8, 4) is 11.3 Å². The Hall–Kier alpha value is -2.61. The Bertz CT molecular complexity index is 1420. The van der Waals surface area contributed by atoms with Gasteiger partial charge in [-0.3, -0.25) is 0 Å². The highest BCUT2D eigenvalue weighted by atomic mass is 16.3. The van der Waals surface area contributed by atoms with Crippen LogP contribution in [-0.4, -0.2) is 0 Å². The van der Waals surface area contributed by atoms with Crippen molar-refractivity contribution < 1.29 is 10.4 Å². The van der Waals surface area contributed by atoms with E-state index in [4.69, 9.17) is 5.79 Å². The maximum absolute atomic E-state index is 8.42. The summed E-state index contributed by atoms with van der Waals surface area (Å²) in [5.41, 5.74) is 9.51. The van der Waals surface area contributed by atoms with Gasteiger partial charge < -0.3 is 4.42 Å². The molecular formula is C30H36NO+. The minimum absolute atomic E-state index is 0.0828. The lowest BCUT2D eigenvalue weighted by Crippen LogP contribution is -2.33. The molecule has 5 rings (SSSR count). The molecule has 0 atom stereocenters. The number of nitrogens with zero attached hydrogens (tertiary/aromatic N) is 1. The monoisotopic (exact) mass is 427 g/mol. The quantitative estimate of drug-likeness (QED) is 0.298. The maximum atomic E-state index is 8.42. The summed E-state index contributed by atoms with van der Waals surface area (Å²) in [7, 11) is 2.07. The van der Waals surface area contributed by atoms with Crippen molar-refractivity contribution >= 4 is 21.9 Å². The van der Waals surface area contributed by atoms with Crippen LogP contribution in [0.1, 0.15) is 83.9 Å². The van der Waals surface area contributed by atoms with E-state index in [0.29, 0.717) is 0 Å². The molecule has 0 unspecified atom stereocenters. The number of hydrogen-bond donors (Lipinski definition) is 0. The molecule has 4 aromatic rings. The minimum Gasteiger partial charge on any atom is -0.455 e. The molecule has 0 saturated carbocycles. The van der Waals surface area contributed by atoms with E-state index in [-0.39, 0.29) is 10.8 Å². The third-order valence-electron chi connectivity index (χ3n) is 7.77. The van der Waals surface area contributed by atoms with Gasteiger partial charge in [-0.05, 0) is 53.7 Å². The van der Waals surface area contributed by atoms with Crippen LogP contribution < -0.4 is 4.57 Å². The highest BCUT2D eigenvalue weighted by Crippen LogP contribution is 2.50. The van der Waals surface area contributed by atoms with Gasteiger partial charge in [0.1, 0.15) is 18.2 Å². The fraction of sp³-hybridized carbons (Fsp3) is 0.433.